The molecule has 1 aliphatic rings. The molecule has 2 aromatic carbocycles. The summed E-state index contributed by atoms with van der Waals surface area (Å²) in [4.78, 5) is 27.0. The zero-order valence-electron chi connectivity index (χ0n) is 21.4. The van der Waals surface area contributed by atoms with Gasteiger partial charge in [-0.15, -0.1) is 0 Å². The van der Waals surface area contributed by atoms with Crippen LogP contribution in [0.25, 0.3) is 0 Å². The molecule has 0 aromatic heterocycles. The number of ether oxygens (including phenoxy) is 3. The van der Waals surface area contributed by atoms with Crippen LogP contribution in [0.15, 0.2) is 36.4 Å². The maximum absolute atomic E-state index is 15.6. The summed E-state index contributed by atoms with van der Waals surface area (Å²) >= 11 is 0. The Morgan fingerprint density at radius 1 is 1.19 bits per heavy atom. The smallest absolute Gasteiger partial charge is 0.323 e. The number of nitrogens with one attached hydrogen (secondary N) is 2. The van der Waals surface area contributed by atoms with Crippen molar-refractivity contribution >= 4 is 29.1 Å². The van der Waals surface area contributed by atoms with Gasteiger partial charge in [-0.3, -0.25) is 4.79 Å². The molecular formula is C27H33FN4O5. The minimum absolute atomic E-state index is 0.0745. The molecule has 0 radical (unpaired) electrons. The SMILES string of the molecule is CCN(c1cc(F)c(C(COC)CC(=O)OC)cc1NC(=O)Nc1ccc(C#N)cc1)C1CCOCC1. The van der Waals surface area contributed by atoms with Gasteiger partial charge in [0.05, 0.1) is 43.1 Å². The summed E-state index contributed by atoms with van der Waals surface area (Å²) in [5, 5.41) is 14.6. The number of rotatable bonds is 10. The van der Waals surface area contributed by atoms with Gasteiger partial charge in [0, 0.05) is 44.5 Å². The third kappa shape index (κ3) is 7.41. The third-order valence-electron chi connectivity index (χ3n) is 6.37. The summed E-state index contributed by atoms with van der Waals surface area (Å²) in [5.74, 6) is -1.59. The molecule has 1 unspecified atom stereocenters. The highest BCUT2D eigenvalue weighted by molar-refractivity contribution is 6.02. The average molecular weight is 513 g/mol. The monoisotopic (exact) mass is 512 g/mol. The van der Waals surface area contributed by atoms with Crippen LogP contribution >= 0.6 is 0 Å². The molecule has 37 heavy (non-hydrogen) atoms. The van der Waals surface area contributed by atoms with E-state index in [2.05, 4.69) is 15.5 Å². The van der Waals surface area contributed by atoms with E-state index >= 15 is 4.39 Å². The molecule has 1 fully saturated rings. The molecule has 1 saturated heterocycles. The van der Waals surface area contributed by atoms with E-state index in [1.54, 1.807) is 30.3 Å². The van der Waals surface area contributed by atoms with Gasteiger partial charge in [0.25, 0.3) is 0 Å². The number of carbonyl (C=O) groups is 2. The largest absolute Gasteiger partial charge is 0.469 e. The number of benzene rings is 2. The van der Waals surface area contributed by atoms with Gasteiger partial charge in [-0.05, 0) is 61.7 Å². The first-order valence-corrected chi connectivity index (χ1v) is 12.2. The van der Waals surface area contributed by atoms with Crippen LogP contribution in [0.1, 0.15) is 43.2 Å². The molecule has 0 spiro atoms. The number of methoxy groups -OCH3 is 2. The van der Waals surface area contributed by atoms with Crippen molar-refractivity contribution < 1.29 is 28.2 Å². The zero-order chi connectivity index (χ0) is 26.8. The first-order chi connectivity index (χ1) is 17.9. The maximum atomic E-state index is 15.6. The van der Waals surface area contributed by atoms with E-state index < -0.39 is 23.7 Å². The molecular weight excluding hydrogens is 479 g/mol. The number of anilines is 3. The lowest BCUT2D eigenvalue weighted by Crippen LogP contribution is -2.40. The van der Waals surface area contributed by atoms with Crippen LogP contribution in [-0.2, 0) is 19.0 Å². The Kier molecular flexibility index (Phi) is 10.2. The quantitative estimate of drug-likeness (QED) is 0.446. The van der Waals surface area contributed by atoms with Gasteiger partial charge < -0.3 is 29.7 Å². The fourth-order valence-electron chi connectivity index (χ4n) is 4.51. The van der Waals surface area contributed by atoms with Gasteiger partial charge >= 0.3 is 12.0 Å². The van der Waals surface area contributed by atoms with Gasteiger partial charge in [0.15, 0.2) is 0 Å². The summed E-state index contributed by atoms with van der Waals surface area (Å²) in [7, 11) is 2.75. The van der Waals surface area contributed by atoms with E-state index in [1.165, 1.54) is 20.3 Å². The normalized spacial score (nSPS) is 14.4. The maximum Gasteiger partial charge on any atom is 0.323 e. The summed E-state index contributed by atoms with van der Waals surface area (Å²) in [5.41, 5.74) is 2.16. The highest BCUT2D eigenvalue weighted by atomic mass is 19.1. The molecule has 2 aromatic rings. The van der Waals surface area contributed by atoms with Crippen molar-refractivity contribution in [3.63, 3.8) is 0 Å². The van der Waals surface area contributed by atoms with Crippen molar-refractivity contribution in [2.75, 3.05) is 56.1 Å². The first-order valence-electron chi connectivity index (χ1n) is 12.2. The summed E-state index contributed by atoms with van der Waals surface area (Å²) in [6.07, 6.45) is 1.49. The summed E-state index contributed by atoms with van der Waals surface area (Å²) in [6, 6.07) is 11.1. The van der Waals surface area contributed by atoms with Crippen molar-refractivity contribution in [2.45, 2.75) is 38.1 Å². The average Bonchev–Trinajstić information content (AvgIpc) is 2.91. The van der Waals surface area contributed by atoms with Crippen molar-refractivity contribution in [3.05, 3.63) is 53.3 Å². The van der Waals surface area contributed by atoms with Crippen molar-refractivity contribution in [2.24, 2.45) is 0 Å². The van der Waals surface area contributed by atoms with E-state index in [4.69, 9.17) is 19.5 Å². The molecule has 0 saturated carbocycles. The number of amides is 2. The van der Waals surface area contributed by atoms with E-state index in [-0.39, 0.29) is 24.6 Å². The molecule has 1 heterocycles. The first kappa shape index (κ1) is 27.9. The number of nitrogens with zero attached hydrogens (tertiary/aromatic N) is 2. The molecule has 2 amide bonds. The lowest BCUT2D eigenvalue weighted by atomic mass is 9.94. The van der Waals surface area contributed by atoms with Crippen LogP contribution in [0, 0.1) is 17.1 Å². The van der Waals surface area contributed by atoms with Crippen LogP contribution in [0.5, 0.6) is 0 Å². The second kappa shape index (κ2) is 13.6. The van der Waals surface area contributed by atoms with Gasteiger partial charge in [-0.1, -0.05) is 0 Å². The fourth-order valence-corrected chi connectivity index (χ4v) is 4.51. The number of hydrogen-bond acceptors (Lipinski definition) is 7. The zero-order valence-corrected chi connectivity index (χ0v) is 21.4. The molecule has 0 aliphatic carbocycles. The number of urea groups is 1. The minimum atomic E-state index is -0.605. The lowest BCUT2D eigenvalue weighted by molar-refractivity contribution is -0.141. The Bertz CT molecular complexity index is 1110. The standard InChI is InChI=1S/C27H33FN4O5/c1-4-32(21-9-11-37-12-10-21)25-15-23(28)22(19(17-35-2)13-26(33)36-3)14-24(25)31-27(34)30-20-7-5-18(16-29)6-8-20/h5-8,14-15,19,21H,4,9-13,17H2,1-3H3,(H2,30,31,34). The summed E-state index contributed by atoms with van der Waals surface area (Å²) < 4.78 is 31.1. The molecule has 3 rings (SSSR count). The van der Waals surface area contributed by atoms with E-state index in [0.29, 0.717) is 42.4 Å². The Morgan fingerprint density at radius 3 is 2.49 bits per heavy atom. The summed E-state index contributed by atoms with van der Waals surface area (Å²) in [6.45, 7) is 3.89. The van der Waals surface area contributed by atoms with E-state index in [1.807, 2.05) is 13.0 Å². The van der Waals surface area contributed by atoms with Crippen molar-refractivity contribution in [3.8, 4) is 6.07 Å². The van der Waals surface area contributed by atoms with Gasteiger partial charge in [0.2, 0.25) is 0 Å². The Morgan fingerprint density at radius 2 is 1.89 bits per heavy atom. The Labute approximate surface area is 216 Å². The second-order valence-electron chi connectivity index (χ2n) is 8.72. The van der Waals surface area contributed by atoms with Gasteiger partial charge in [-0.2, -0.15) is 5.26 Å². The van der Waals surface area contributed by atoms with Crippen LogP contribution in [-0.4, -0.2) is 58.6 Å². The molecule has 9 nitrogen and oxygen atoms in total. The van der Waals surface area contributed by atoms with Crippen LogP contribution < -0.4 is 15.5 Å². The predicted octanol–water partition coefficient (Wildman–Crippen LogP) is 4.64. The number of hydrogen-bond donors (Lipinski definition) is 2. The highest BCUT2D eigenvalue weighted by Crippen LogP contribution is 2.36. The van der Waals surface area contributed by atoms with E-state index in [0.717, 1.165) is 12.8 Å². The predicted molar refractivity (Wildman–Crippen MR) is 138 cm³/mol. The highest BCUT2D eigenvalue weighted by Gasteiger charge is 2.27. The van der Waals surface area contributed by atoms with Gasteiger partial charge in [-0.25, -0.2) is 9.18 Å². The molecule has 10 heteroatoms. The number of nitriles is 1. The van der Waals surface area contributed by atoms with Crippen LogP contribution in [0.3, 0.4) is 0 Å². The van der Waals surface area contributed by atoms with Crippen LogP contribution in [0.4, 0.5) is 26.2 Å². The van der Waals surface area contributed by atoms with Crippen molar-refractivity contribution in [1.82, 2.24) is 0 Å². The molecule has 198 valence electrons. The number of esters is 1. The van der Waals surface area contributed by atoms with Gasteiger partial charge in [0.1, 0.15) is 5.82 Å². The number of halogens is 1. The molecule has 1 aliphatic heterocycles. The van der Waals surface area contributed by atoms with E-state index in [9.17, 15) is 9.59 Å². The number of carbonyl (C=O) groups excluding carboxylic acids is 2. The third-order valence-corrected chi connectivity index (χ3v) is 6.37. The van der Waals surface area contributed by atoms with Crippen molar-refractivity contribution in [1.29, 1.82) is 5.26 Å². The second-order valence-corrected chi connectivity index (χ2v) is 8.72. The minimum Gasteiger partial charge on any atom is -0.469 e. The fraction of sp³-hybridized carbons (Fsp3) is 0.444. The topological polar surface area (TPSA) is 113 Å². The molecule has 1 atom stereocenters. The van der Waals surface area contributed by atoms with Crippen LogP contribution in [0.2, 0.25) is 0 Å². The lowest BCUT2D eigenvalue weighted by Gasteiger charge is -2.36. The molecule has 0 bridgehead atoms. The molecule has 2 N–H and O–H groups in total. The Hall–Kier alpha value is -3.68. The Balaban J connectivity index is 1.98.